The minimum absolute atomic E-state index is 0.0457. The van der Waals surface area contributed by atoms with E-state index in [0.717, 1.165) is 75.8 Å². The lowest BCUT2D eigenvalue weighted by Gasteiger charge is -2.37. The molecule has 15 nitrogen and oxygen atoms in total. The number of esters is 1. The van der Waals surface area contributed by atoms with E-state index in [0.29, 0.717) is 76.8 Å². The summed E-state index contributed by atoms with van der Waals surface area (Å²) in [5.41, 5.74) is 10.0. The monoisotopic (exact) mass is 995 g/mol. The highest BCUT2D eigenvalue weighted by molar-refractivity contribution is 5.97. The fourth-order valence-corrected chi connectivity index (χ4v) is 13.6. The van der Waals surface area contributed by atoms with Gasteiger partial charge in [0.05, 0.1) is 29.5 Å². The second kappa shape index (κ2) is 19.6. The number of carbonyl (C=O) groups excluding carboxylic acids is 5. The highest BCUT2D eigenvalue weighted by Gasteiger charge is 2.61. The number of hydrogen-bond acceptors (Lipinski definition) is 10. The third kappa shape index (κ3) is 9.25. The Morgan fingerprint density at radius 2 is 1.73 bits per heavy atom. The lowest BCUT2D eigenvalue weighted by atomic mass is 9.84. The zero-order valence-electron chi connectivity index (χ0n) is 43.7. The Bertz CT molecular complexity index is 2820. The zero-order chi connectivity index (χ0) is 50.9. The van der Waals surface area contributed by atoms with Crippen molar-refractivity contribution < 1.29 is 33.4 Å². The van der Waals surface area contributed by atoms with Crippen LogP contribution in [0.2, 0.25) is 0 Å². The number of pyridine rings is 1. The van der Waals surface area contributed by atoms with Gasteiger partial charge in [0.1, 0.15) is 24.2 Å². The number of nitrogens with one attached hydrogen (secondary N) is 2. The Kier molecular flexibility index (Phi) is 13.3. The van der Waals surface area contributed by atoms with E-state index in [1.165, 1.54) is 17.9 Å². The molecule has 4 amide bonds. The summed E-state index contributed by atoms with van der Waals surface area (Å²) < 4.78 is 14.4. The second-order valence-electron chi connectivity index (χ2n) is 23.3. The maximum absolute atomic E-state index is 15.2. The van der Waals surface area contributed by atoms with Crippen LogP contribution in [-0.4, -0.2) is 136 Å². The Balaban J connectivity index is 0.926. The predicted molar refractivity (Wildman–Crippen MR) is 277 cm³/mol. The number of nitrogens with zero attached hydrogens (tertiary/aromatic N) is 6. The first-order valence-electron chi connectivity index (χ1n) is 27.3. The predicted octanol–water partition coefficient (Wildman–Crippen LogP) is 6.85. The smallest absolute Gasteiger partial charge is 0.324 e. The number of aromatic nitrogens is 2. The van der Waals surface area contributed by atoms with Crippen molar-refractivity contribution in [1.29, 1.82) is 0 Å². The Morgan fingerprint density at radius 1 is 0.945 bits per heavy atom. The summed E-state index contributed by atoms with van der Waals surface area (Å²) in [4.78, 5) is 83.8. The Labute approximate surface area is 429 Å². The number of hydrogen-bond donors (Lipinski definition) is 2. The van der Waals surface area contributed by atoms with Crippen molar-refractivity contribution in [2.24, 2.45) is 22.7 Å². The molecule has 6 fully saturated rings. The molecule has 7 heterocycles. The molecule has 2 aliphatic carbocycles. The number of methoxy groups -OCH3 is 1. The quantitative estimate of drug-likeness (QED) is 0.127. The average molecular weight is 995 g/mol. The van der Waals surface area contributed by atoms with E-state index in [1.807, 2.05) is 48.2 Å². The standard InChI is InChI=1S/C58H74N8O7/c1-7-64-46-22-21-40-31-42(46)43(50(64)41-17-11-25-59-47(41)35(2)72-6)32-57(3,4)34-73-55(70)44-18-12-26-66(61-44)53(68)45(30-36-13-10-16-39(40)29-36)60-52(67)49(37-14-8-9-15-37)65-28-24-58(56(65)71)23-27-63(33-58)54(69)51-48(62(51)5)38-19-20-38/h10-11,13,16-17,21-22,25,29,31,35,37-38,44-45,48-49,51,61H,7-9,12,14-15,18-20,23-24,26-28,30,32-34H2,1-6H3,(H,60,67)/t35-,44-,45-,48?,49?,51+,58-,62?/m0/s1. The van der Waals surface area contributed by atoms with Gasteiger partial charge in [0.15, 0.2) is 0 Å². The molecule has 4 saturated heterocycles. The molecular weight excluding hydrogens is 921 g/mol. The zero-order valence-corrected chi connectivity index (χ0v) is 43.7. The van der Waals surface area contributed by atoms with Crippen LogP contribution in [0.15, 0.2) is 60.8 Å². The molecule has 2 aromatic heterocycles. The number of aryl methyl sites for hydroxylation is 1. The average Bonchev–Trinajstić information content (AvgIpc) is 4.09. The molecule has 11 rings (SSSR count). The minimum Gasteiger partial charge on any atom is -0.464 e. The number of benzene rings is 2. The van der Waals surface area contributed by atoms with Gasteiger partial charge in [-0.2, -0.15) is 0 Å². The maximum atomic E-state index is 15.2. The lowest BCUT2D eigenvalue weighted by Crippen LogP contribution is -2.62. The fraction of sp³-hybridized carbons (Fsp3) is 0.586. The van der Waals surface area contributed by atoms with E-state index in [2.05, 4.69) is 77.4 Å². The molecule has 2 N–H and O–H groups in total. The van der Waals surface area contributed by atoms with Crippen molar-refractivity contribution in [2.45, 2.75) is 148 Å². The number of likely N-dealkylation sites (tertiary alicyclic amines) is 2. The van der Waals surface area contributed by atoms with Gasteiger partial charge in [0, 0.05) is 80.4 Å². The number of amides is 4. The maximum Gasteiger partial charge on any atom is 0.324 e. The van der Waals surface area contributed by atoms with Crippen molar-refractivity contribution in [3.05, 3.63) is 77.6 Å². The van der Waals surface area contributed by atoms with Gasteiger partial charge in [-0.25, -0.2) is 5.43 Å². The van der Waals surface area contributed by atoms with Crippen molar-refractivity contribution >= 4 is 40.5 Å². The van der Waals surface area contributed by atoms with Crippen LogP contribution in [-0.2, 0) is 52.8 Å². The molecule has 5 aliphatic heterocycles. The molecular formula is C58H74N8O7. The van der Waals surface area contributed by atoms with Gasteiger partial charge in [0.25, 0.3) is 5.91 Å². The van der Waals surface area contributed by atoms with Crippen LogP contribution in [0.25, 0.3) is 33.3 Å². The first kappa shape index (κ1) is 49.6. The van der Waals surface area contributed by atoms with Crippen molar-refractivity contribution in [3.63, 3.8) is 0 Å². The van der Waals surface area contributed by atoms with Gasteiger partial charge in [0.2, 0.25) is 17.7 Å². The third-order valence-electron chi connectivity index (χ3n) is 17.8. The Morgan fingerprint density at radius 3 is 2.49 bits per heavy atom. The summed E-state index contributed by atoms with van der Waals surface area (Å²) in [6, 6.07) is 16.6. The summed E-state index contributed by atoms with van der Waals surface area (Å²) in [6.07, 6.45) is 10.5. The molecule has 2 aromatic carbocycles. The molecule has 6 bridgehead atoms. The van der Waals surface area contributed by atoms with E-state index >= 15 is 9.59 Å². The van der Waals surface area contributed by atoms with E-state index in [-0.39, 0.29) is 54.7 Å². The van der Waals surface area contributed by atoms with Crippen LogP contribution >= 0.6 is 0 Å². The number of ether oxygens (including phenoxy) is 2. The molecule has 2 saturated carbocycles. The molecule has 4 aromatic rings. The van der Waals surface area contributed by atoms with Crippen molar-refractivity contribution in [1.82, 2.24) is 40.0 Å². The number of fused-ring (bicyclic) bond motifs is 6. The van der Waals surface area contributed by atoms with Crippen LogP contribution in [0.1, 0.15) is 115 Å². The molecule has 73 heavy (non-hydrogen) atoms. The number of hydrazine groups is 1. The fourth-order valence-electron chi connectivity index (χ4n) is 13.6. The van der Waals surface area contributed by atoms with Crippen LogP contribution < -0.4 is 10.7 Å². The van der Waals surface area contributed by atoms with Crippen LogP contribution in [0, 0.1) is 22.7 Å². The molecule has 1 spiro atoms. The number of rotatable bonds is 10. The SMILES string of the molecule is CCn1c(-c2cccnc2[C@H](C)OC)c2c3cc(ccc31)-c1cccc(c1)C[C@H](NC(=O)C(C1CCCC1)N1CC[C@]3(CCN(C(=O)[C@H]4C(C5CC5)N4C)C3)C1=O)C(=O)N1CCC[C@H](N1)C(=O)OCC(C)(C)C2. The summed E-state index contributed by atoms with van der Waals surface area (Å²) >= 11 is 0. The second-order valence-corrected chi connectivity index (χ2v) is 23.3. The van der Waals surface area contributed by atoms with Crippen LogP contribution in [0.5, 0.6) is 0 Å². The van der Waals surface area contributed by atoms with Gasteiger partial charge in [-0.05, 0) is 137 Å². The molecule has 15 heteroatoms. The Hall–Kier alpha value is -5.64. The minimum atomic E-state index is -1.01. The summed E-state index contributed by atoms with van der Waals surface area (Å²) in [7, 11) is 3.74. The molecule has 7 aliphatic rings. The molecule has 0 radical (unpaired) electrons. The summed E-state index contributed by atoms with van der Waals surface area (Å²) in [6.45, 7) is 11.0. The molecule has 8 atom stereocenters. The first-order chi connectivity index (χ1) is 35.2. The van der Waals surface area contributed by atoms with Gasteiger partial charge >= 0.3 is 5.97 Å². The van der Waals surface area contributed by atoms with E-state index < -0.39 is 34.9 Å². The summed E-state index contributed by atoms with van der Waals surface area (Å²) in [5, 5.41) is 5.85. The topological polar surface area (TPSA) is 158 Å². The highest BCUT2D eigenvalue weighted by atomic mass is 16.5. The van der Waals surface area contributed by atoms with Crippen LogP contribution in [0.4, 0.5) is 0 Å². The number of cyclic esters (lactones) is 1. The van der Waals surface area contributed by atoms with Gasteiger partial charge in [-0.15, -0.1) is 0 Å². The van der Waals surface area contributed by atoms with Gasteiger partial charge in [-0.3, -0.25) is 38.9 Å². The van der Waals surface area contributed by atoms with E-state index in [1.54, 1.807) is 7.11 Å². The van der Waals surface area contributed by atoms with Crippen molar-refractivity contribution in [3.8, 4) is 22.4 Å². The normalized spacial score (nSPS) is 28.4. The number of likely N-dealkylation sites (N-methyl/N-ethyl adjacent to an activating group) is 1. The number of carbonyl (C=O) groups is 5. The molecule has 388 valence electrons. The van der Waals surface area contributed by atoms with E-state index in [9.17, 15) is 14.4 Å². The largest absolute Gasteiger partial charge is 0.464 e. The first-order valence-corrected chi connectivity index (χ1v) is 27.3. The van der Waals surface area contributed by atoms with Crippen molar-refractivity contribution in [2.75, 3.05) is 46.9 Å². The lowest BCUT2D eigenvalue weighted by molar-refractivity contribution is -0.155. The van der Waals surface area contributed by atoms with E-state index in [4.69, 9.17) is 14.5 Å². The van der Waals surface area contributed by atoms with Gasteiger partial charge < -0.3 is 29.2 Å². The van der Waals surface area contributed by atoms with Crippen LogP contribution in [0.3, 0.4) is 0 Å². The molecule has 3 unspecified atom stereocenters. The summed E-state index contributed by atoms with van der Waals surface area (Å²) in [5.74, 6) is -0.455. The highest BCUT2D eigenvalue weighted by Crippen LogP contribution is 2.49. The van der Waals surface area contributed by atoms with Gasteiger partial charge in [-0.1, -0.05) is 57.0 Å². The third-order valence-corrected chi connectivity index (χ3v) is 17.8.